The van der Waals surface area contributed by atoms with E-state index in [0.717, 1.165) is 61.9 Å². The van der Waals surface area contributed by atoms with Crippen molar-refractivity contribution in [2.75, 3.05) is 26.4 Å². The van der Waals surface area contributed by atoms with Gasteiger partial charge in [-0.3, -0.25) is 0 Å². The van der Waals surface area contributed by atoms with Crippen molar-refractivity contribution >= 4 is 0 Å². The third-order valence-electron chi connectivity index (χ3n) is 10.1. The first-order valence-electron chi connectivity index (χ1n) is 17.5. The van der Waals surface area contributed by atoms with Gasteiger partial charge in [0.05, 0.1) is 12.2 Å². The molecule has 0 amide bonds. The van der Waals surface area contributed by atoms with Crippen molar-refractivity contribution in [1.29, 1.82) is 0 Å². The van der Waals surface area contributed by atoms with Gasteiger partial charge in [-0.05, 0) is 98.7 Å². The van der Waals surface area contributed by atoms with Crippen LogP contribution < -0.4 is 0 Å². The minimum Gasteiger partial charge on any atom is -0.381 e. The first kappa shape index (κ1) is 35.1. The zero-order chi connectivity index (χ0) is 28.6. The van der Waals surface area contributed by atoms with E-state index in [0.29, 0.717) is 24.0 Å². The molecule has 2 aliphatic rings. The Morgan fingerprint density at radius 3 is 1.33 bits per heavy atom. The summed E-state index contributed by atoms with van der Waals surface area (Å²) in [6.45, 7) is 22.8. The molecular formula is C36H70O3. The first-order valence-corrected chi connectivity index (χ1v) is 17.5. The summed E-state index contributed by atoms with van der Waals surface area (Å²) in [5.74, 6) is 6.01. The van der Waals surface area contributed by atoms with E-state index in [4.69, 9.17) is 14.2 Å². The van der Waals surface area contributed by atoms with Gasteiger partial charge in [0, 0.05) is 26.4 Å². The monoisotopic (exact) mass is 551 g/mol. The molecule has 0 bridgehead atoms. The molecule has 0 heterocycles. The van der Waals surface area contributed by atoms with Gasteiger partial charge in [-0.1, -0.05) is 93.9 Å². The van der Waals surface area contributed by atoms with Gasteiger partial charge in [0.25, 0.3) is 0 Å². The summed E-state index contributed by atoms with van der Waals surface area (Å²) < 4.78 is 18.9. The highest BCUT2D eigenvalue weighted by molar-refractivity contribution is 4.82. The Hall–Kier alpha value is -0.120. The van der Waals surface area contributed by atoms with Gasteiger partial charge in [0.2, 0.25) is 0 Å². The number of hydrogen-bond acceptors (Lipinski definition) is 3. The van der Waals surface area contributed by atoms with Gasteiger partial charge in [-0.2, -0.15) is 0 Å². The topological polar surface area (TPSA) is 27.7 Å². The molecule has 0 spiro atoms. The second kappa shape index (κ2) is 19.9. The molecular weight excluding hydrogens is 480 g/mol. The molecule has 0 aromatic carbocycles. The molecule has 232 valence electrons. The standard InChI is InChI=1S/C36H70O3/c1-27(2)33-19-17-29(5)23-35(33)38-25-31(7)15-11-9-13-21-37-22-14-10-12-16-32(8)26-39-36-24-30(6)18-20-34(36)28(3)4/h27-36H,9-26H2,1-8H3. The van der Waals surface area contributed by atoms with Crippen LogP contribution in [0.25, 0.3) is 0 Å². The van der Waals surface area contributed by atoms with Crippen molar-refractivity contribution in [3.05, 3.63) is 0 Å². The Morgan fingerprint density at radius 1 is 0.538 bits per heavy atom. The Kier molecular flexibility index (Phi) is 17.9. The molecule has 2 rings (SSSR count). The van der Waals surface area contributed by atoms with E-state index >= 15 is 0 Å². The second-order valence-corrected chi connectivity index (χ2v) is 14.9. The van der Waals surface area contributed by atoms with E-state index in [-0.39, 0.29) is 0 Å². The van der Waals surface area contributed by atoms with Crippen molar-refractivity contribution in [2.24, 2.45) is 47.3 Å². The van der Waals surface area contributed by atoms with Gasteiger partial charge in [0.15, 0.2) is 0 Å². The number of rotatable bonds is 20. The molecule has 3 heteroatoms. The van der Waals surface area contributed by atoms with Crippen molar-refractivity contribution < 1.29 is 14.2 Å². The fourth-order valence-corrected chi connectivity index (χ4v) is 7.20. The Labute approximate surface area is 245 Å². The van der Waals surface area contributed by atoms with Crippen LogP contribution in [0.5, 0.6) is 0 Å². The third-order valence-corrected chi connectivity index (χ3v) is 10.1. The molecule has 0 aromatic rings. The van der Waals surface area contributed by atoms with Crippen molar-refractivity contribution in [3.8, 4) is 0 Å². The summed E-state index contributed by atoms with van der Waals surface area (Å²) in [5.41, 5.74) is 0. The molecule has 8 unspecified atom stereocenters. The van der Waals surface area contributed by atoms with Crippen molar-refractivity contribution in [3.63, 3.8) is 0 Å². The molecule has 2 fully saturated rings. The van der Waals surface area contributed by atoms with Crippen LogP contribution in [0.4, 0.5) is 0 Å². The molecule has 0 radical (unpaired) electrons. The molecule has 2 saturated carbocycles. The molecule has 3 nitrogen and oxygen atoms in total. The normalized spacial score (nSPS) is 29.7. The van der Waals surface area contributed by atoms with Crippen molar-refractivity contribution in [1.82, 2.24) is 0 Å². The van der Waals surface area contributed by atoms with E-state index in [1.54, 1.807) is 0 Å². The number of hydrogen-bond donors (Lipinski definition) is 0. The van der Waals surface area contributed by atoms with Crippen LogP contribution in [0, 0.1) is 47.3 Å². The summed E-state index contributed by atoms with van der Waals surface area (Å²) in [4.78, 5) is 0. The SMILES string of the molecule is CC(CCCCCOCCCCCC(C)COC1CC(C)CCC1C(C)C)COC1CC(C)CCC1C(C)C. The lowest BCUT2D eigenvalue weighted by molar-refractivity contribution is -0.0505. The number of unbranched alkanes of at least 4 members (excludes halogenated alkanes) is 4. The summed E-state index contributed by atoms with van der Waals surface area (Å²) in [7, 11) is 0. The lowest BCUT2D eigenvalue weighted by atomic mass is 9.75. The van der Waals surface area contributed by atoms with Crippen LogP contribution in [-0.4, -0.2) is 38.6 Å². The lowest BCUT2D eigenvalue weighted by Crippen LogP contribution is -2.35. The van der Waals surface area contributed by atoms with Gasteiger partial charge >= 0.3 is 0 Å². The van der Waals surface area contributed by atoms with Gasteiger partial charge in [-0.25, -0.2) is 0 Å². The fourth-order valence-electron chi connectivity index (χ4n) is 7.20. The van der Waals surface area contributed by atoms with E-state index < -0.39 is 0 Å². The fraction of sp³-hybridized carbons (Fsp3) is 1.00. The Morgan fingerprint density at radius 2 is 0.949 bits per heavy atom. The highest BCUT2D eigenvalue weighted by Gasteiger charge is 2.32. The van der Waals surface area contributed by atoms with Crippen LogP contribution in [0.3, 0.4) is 0 Å². The maximum atomic E-state index is 6.47. The summed E-state index contributed by atoms with van der Waals surface area (Å²) in [5, 5.41) is 0. The smallest absolute Gasteiger partial charge is 0.0608 e. The molecule has 2 aliphatic carbocycles. The number of ether oxygens (including phenoxy) is 3. The Balaban J connectivity index is 1.39. The summed E-state index contributed by atoms with van der Waals surface area (Å²) in [6, 6.07) is 0. The molecule has 0 aliphatic heterocycles. The van der Waals surface area contributed by atoms with Crippen LogP contribution >= 0.6 is 0 Å². The average molecular weight is 551 g/mol. The van der Waals surface area contributed by atoms with E-state index in [1.807, 2.05) is 0 Å². The van der Waals surface area contributed by atoms with Crippen molar-refractivity contribution in [2.45, 2.75) is 157 Å². The quantitative estimate of drug-likeness (QED) is 0.141. The molecule has 0 aromatic heterocycles. The maximum Gasteiger partial charge on any atom is 0.0608 e. The Bertz CT molecular complexity index is 540. The highest BCUT2D eigenvalue weighted by atomic mass is 16.5. The largest absolute Gasteiger partial charge is 0.381 e. The van der Waals surface area contributed by atoms with Crippen LogP contribution in [0.1, 0.15) is 145 Å². The van der Waals surface area contributed by atoms with Gasteiger partial charge in [-0.15, -0.1) is 0 Å². The zero-order valence-electron chi connectivity index (χ0n) is 27.7. The summed E-state index contributed by atoms with van der Waals surface area (Å²) >= 11 is 0. The maximum absolute atomic E-state index is 6.47. The zero-order valence-corrected chi connectivity index (χ0v) is 27.7. The van der Waals surface area contributed by atoms with Gasteiger partial charge < -0.3 is 14.2 Å². The van der Waals surface area contributed by atoms with Crippen LogP contribution in [0.2, 0.25) is 0 Å². The van der Waals surface area contributed by atoms with E-state index in [2.05, 4.69) is 55.4 Å². The van der Waals surface area contributed by atoms with Crippen LogP contribution in [0.15, 0.2) is 0 Å². The molecule has 0 saturated heterocycles. The third kappa shape index (κ3) is 14.6. The predicted molar refractivity (Wildman–Crippen MR) is 168 cm³/mol. The van der Waals surface area contributed by atoms with E-state index in [1.165, 1.54) is 89.9 Å². The highest BCUT2D eigenvalue weighted by Crippen LogP contribution is 2.36. The second-order valence-electron chi connectivity index (χ2n) is 14.9. The molecule has 39 heavy (non-hydrogen) atoms. The minimum atomic E-state index is 0.490. The summed E-state index contributed by atoms with van der Waals surface area (Å²) in [6.07, 6.45) is 19.1. The van der Waals surface area contributed by atoms with Crippen LogP contribution in [-0.2, 0) is 14.2 Å². The average Bonchev–Trinajstić information content (AvgIpc) is 2.89. The minimum absolute atomic E-state index is 0.490. The molecule has 8 atom stereocenters. The van der Waals surface area contributed by atoms with Gasteiger partial charge in [0.1, 0.15) is 0 Å². The first-order chi connectivity index (χ1) is 18.7. The lowest BCUT2D eigenvalue weighted by Gasteiger charge is -2.37. The van der Waals surface area contributed by atoms with E-state index in [9.17, 15) is 0 Å². The predicted octanol–water partition coefficient (Wildman–Crippen LogP) is 10.4. The molecule has 0 N–H and O–H groups in total.